The fourth-order valence-electron chi connectivity index (χ4n) is 4.09. The lowest BCUT2D eigenvalue weighted by Crippen LogP contribution is -2.45. The molecule has 0 aliphatic heterocycles. The number of pyridine rings is 1. The van der Waals surface area contributed by atoms with E-state index in [-0.39, 0.29) is 34.7 Å². The third-order valence-corrected chi connectivity index (χ3v) is 6.32. The molecule has 3 aromatic rings. The van der Waals surface area contributed by atoms with Crippen LogP contribution >= 0.6 is 11.6 Å². The van der Waals surface area contributed by atoms with E-state index in [4.69, 9.17) is 26.1 Å². The summed E-state index contributed by atoms with van der Waals surface area (Å²) in [5.74, 6) is 0.806. The summed E-state index contributed by atoms with van der Waals surface area (Å²) in [6, 6.07) is 12.6. The second kappa shape index (κ2) is 14.6. The number of nitrogens with zero attached hydrogens (tertiary/aromatic N) is 3. The molecule has 0 radical (unpaired) electrons. The molecule has 2 N–H and O–H groups in total. The normalized spacial score (nSPS) is 11.8. The zero-order chi connectivity index (χ0) is 29.1. The van der Waals surface area contributed by atoms with Gasteiger partial charge in [0.2, 0.25) is 12.8 Å². The fourth-order valence-corrected chi connectivity index (χ4v) is 4.34. The van der Waals surface area contributed by atoms with Gasteiger partial charge in [0.15, 0.2) is 0 Å². The van der Waals surface area contributed by atoms with Gasteiger partial charge >= 0.3 is 0 Å². The van der Waals surface area contributed by atoms with E-state index in [2.05, 4.69) is 22.2 Å². The molecule has 0 saturated carbocycles. The number of nitrogens with one attached hydrogen (secondary N) is 2. The topological polar surface area (TPSA) is 105 Å². The van der Waals surface area contributed by atoms with Gasteiger partial charge in [-0.1, -0.05) is 35.9 Å². The zero-order valence-electron chi connectivity index (χ0n) is 22.5. The molecule has 0 saturated heterocycles. The number of amidine groups is 1. The Morgan fingerprint density at radius 1 is 1.15 bits per heavy atom. The van der Waals surface area contributed by atoms with Crippen LogP contribution < -0.4 is 20.1 Å². The van der Waals surface area contributed by atoms with Gasteiger partial charge in [0, 0.05) is 24.7 Å². The number of rotatable bonds is 14. The Balaban J connectivity index is 2.37. The minimum absolute atomic E-state index is 0.101. The van der Waals surface area contributed by atoms with Crippen molar-refractivity contribution in [1.29, 1.82) is 0 Å². The van der Waals surface area contributed by atoms with E-state index in [9.17, 15) is 14.0 Å². The number of carbonyl (C=O) groups excluding carboxylic acids is 2. The molecule has 3 rings (SSSR count). The van der Waals surface area contributed by atoms with Gasteiger partial charge in [0.25, 0.3) is 0 Å². The quantitative estimate of drug-likeness (QED) is 0.120. The van der Waals surface area contributed by atoms with E-state index in [0.29, 0.717) is 54.4 Å². The Morgan fingerprint density at radius 3 is 2.45 bits per heavy atom. The highest BCUT2D eigenvalue weighted by Gasteiger charge is 2.26. The smallest absolute Gasteiger partial charge is 0.212 e. The first kappa shape index (κ1) is 30.1. The molecule has 9 nitrogen and oxygen atoms in total. The number of amides is 2. The van der Waals surface area contributed by atoms with Crippen LogP contribution in [0.4, 0.5) is 15.9 Å². The Bertz CT molecular complexity index is 1360. The molecule has 0 aliphatic carbocycles. The first-order chi connectivity index (χ1) is 19.4. The molecular weight excluding hydrogens is 537 g/mol. The van der Waals surface area contributed by atoms with Crippen molar-refractivity contribution in [2.45, 2.75) is 19.4 Å². The average Bonchev–Trinajstić information content (AvgIpc) is 2.96. The van der Waals surface area contributed by atoms with Crippen LogP contribution in [0.5, 0.6) is 11.5 Å². The molecule has 1 aromatic heterocycles. The van der Waals surface area contributed by atoms with Crippen molar-refractivity contribution < 1.29 is 23.5 Å². The molecule has 0 fully saturated rings. The Hall–Kier alpha value is -4.44. The Kier molecular flexibility index (Phi) is 11.0. The van der Waals surface area contributed by atoms with Gasteiger partial charge in [-0.2, -0.15) is 0 Å². The van der Waals surface area contributed by atoms with Gasteiger partial charge in [-0.25, -0.2) is 14.4 Å². The van der Waals surface area contributed by atoms with Crippen LogP contribution in [0.25, 0.3) is 11.3 Å². The summed E-state index contributed by atoms with van der Waals surface area (Å²) in [5, 5.41) is 5.45. The summed E-state index contributed by atoms with van der Waals surface area (Å²) in [6.07, 6.45) is 3.41. The number of hydrogen-bond donors (Lipinski definition) is 2. The average molecular weight is 568 g/mol. The summed E-state index contributed by atoms with van der Waals surface area (Å²) >= 11 is 6.70. The number of aliphatic imine (C=N–C) groups is 1. The van der Waals surface area contributed by atoms with E-state index in [1.54, 1.807) is 48.5 Å². The molecule has 210 valence electrons. The van der Waals surface area contributed by atoms with Gasteiger partial charge < -0.3 is 25.0 Å². The number of halogens is 2. The maximum Gasteiger partial charge on any atom is 0.212 e. The fraction of sp³-hybridized carbons (Fsp3) is 0.241. The zero-order valence-corrected chi connectivity index (χ0v) is 23.2. The summed E-state index contributed by atoms with van der Waals surface area (Å²) in [4.78, 5) is 34.3. The van der Waals surface area contributed by atoms with E-state index < -0.39 is 5.82 Å². The van der Waals surface area contributed by atoms with Crippen molar-refractivity contribution in [2.24, 2.45) is 4.99 Å². The molecule has 11 heteroatoms. The van der Waals surface area contributed by atoms with Crippen LogP contribution in [0.15, 0.2) is 66.2 Å². The number of ether oxygens (including phenoxy) is 2. The summed E-state index contributed by atoms with van der Waals surface area (Å²) in [7, 11) is 3.03. The third-order valence-electron chi connectivity index (χ3n) is 6.04. The van der Waals surface area contributed by atoms with E-state index >= 15 is 0 Å². The first-order valence-corrected chi connectivity index (χ1v) is 12.8. The molecular formula is C29H31ClFN5O4. The van der Waals surface area contributed by atoms with Crippen molar-refractivity contribution >= 4 is 41.8 Å². The van der Waals surface area contributed by atoms with Crippen LogP contribution in [-0.4, -0.2) is 61.9 Å². The predicted molar refractivity (Wildman–Crippen MR) is 155 cm³/mol. The number of anilines is 1. The van der Waals surface area contributed by atoms with Gasteiger partial charge in [0.1, 0.15) is 34.7 Å². The Morgan fingerprint density at radius 2 is 1.85 bits per heavy atom. The highest BCUT2D eigenvalue weighted by Crippen LogP contribution is 2.39. The van der Waals surface area contributed by atoms with Crippen LogP contribution in [0.3, 0.4) is 0 Å². The summed E-state index contributed by atoms with van der Waals surface area (Å²) < 4.78 is 25.8. The SMILES string of the molecule is C=CCCN(/C(=N/c1c(OC)cccc1OC)c1cc(Cl)c(-c2ccccc2F)nc1NC=O)C(C)CNC=O. The lowest BCUT2D eigenvalue weighted by atomic mass is 10.1. The summed E-state index contributed by atoms with van der Waals surface area (Å²) in [6.45, 7) is 6.46. The third kappa shape index (κ3) is 6.95. The molecule has 1 atom stereocenters. The number of hydrogen-bond acceptors (Lipinski definition) is 6. The highest BCUT2D eigenvalue weighted by atomic mass is 35.5. The standard InChI is InChI=1S/C29H31ClFN5O4/c1-5-6-14-36(19(2)16-32-17-37)29(35-27-24(39-3)12-9-13-25(27)40-4)21-15-22(30)26(34-28(21)33-18-38)20-10-7-8-11-23(20)31/h5,7-13,15,17-19H,1,6,14,16H2,2-4H3,(H,32,37)(H,33,34,38)/b35-29+. The minimum atomic E-state index is -0.518. The molecule has 2 aromatic carbocycles. The number of carbonyl (C=O) groups is 2. The van der Waals surface area contributed by atoms with Crippen molar-refractivity contribution in [3.63, 3.8) is 0 Å². The Labute approximate surface area is 237 Å². The molecule has 2 amide bonds. The molecule has 40 heavy (non-hydrogen) atoms. The lowest BCUT2D eigenvalue weighted by molar-refractivity contribution is -0.109. The highest BCUT2D eigenvalue weighted by molar-refractivity contribution is 6.33. The monoisotopic (exact) mass is 567 g/mol. The van der Waals surface area contributed by atoms with Crippen molar-refractivity contribution in [3.8, 4) is 22.8 Å². The number of aromatic nitrogens is 1. The number of para-hydroxylation sites is 1. The minimum Gasteiger partial charge on any atom is -0.494 e. The second-order valence-corrected chi connectivity index (χ2v) is 8.96. The van der Waals surface area contributed by atoms with Crippen LogP contribution in [0.2, 0.25) is 5.02 Å². The number of benzene rings is 2. The van der Waals surface area contributed by atoms with Crippen molar-refractivity contribution in [1.82, 2.24) is 15.2 Å². The largest absolute Gasteiger partial charge is 0.494 e. The first-order valence-electron chi connectivity index (χ1n) is 12.4. The van der Waals surface area contributed by atoms with Crippen LogP contribution in [0.1, 0.15) is 18.9 Å². The van der Waals surface area contributed by atoms with Crippen LogP contribution in [0, 0.1) is 5.82 Å². The van der Waals surface area contributed by atoms with Gasteiger partial charge in [0.05, 0.1) is 30.5 Å². The molecule has 0 bridgehead atoms. The molecule has 0 spiro atoms. The maximum atomic E-state index is 14.7. The lowest BCUT2D eigenvalue weighted by Gasteiger charge is -2.33. The van der Waals surface area contributed by atoms with Gasteiger partial charge in [-0.15, -0.1) is 6.58 Å². The van der Waals surface area contributed by atoms with Crippen molar-refractivity contribution in [2.75, 3.05) is 32.6 Å². The van der Waals surface area contributed by atoms with Crippen LogP contribution in [-0.2, 0) is 9.59 Å². The van der Waals surface area contributed by atoms with Gasteiger partial charge in [-0.05, 0) is 43.7 Å². The van der Waals surface area contributed by atoms with E-state index in [1.165, 1.54) is 20.3 Å². The molecule has 1 heterocycles. The second-order valence-electron chi connectivity index (χ2n) is 8.55. The maximum absolute atomic E-state index is 14.7. The van der Waals surface area contributed by atoms with Gasteiger partial charge in [-0.3, -0.25) is 9.59 Å². The number of methoxy groups -OCH3 is 2. The predicted octanol–water partition coefficient (Wildman–Crippen LogP) is 5.22. The summed E-state index contributed by atoms with van der Waals surface area (Å²) in [5.41, 5.74) is 1.06. The molecule has 0 aliphatic rings. The van der Waals surface area contributed by atoms with Crippen molar-refractivity contribution in [3.05, 3.63) is 77.6 Å². The van der Waals surface area contributed by atoms with E-state index in [0.717, 1.165) is 0 Å². The molecule has 1 unspecified atom stereocenters. The van der Waals surface area contributed by atoms with E-state index in [1.807, 2.05) is 11.8 Å².